The van der Waals surface area contributed by atoms with Crippen molar-refractivity contribution in [2.75, 3.05) is 12.8 Å². The summed E-state index contributed by atoms with van der Waals surface area (Å²) in [7, 11) is 1.43. The average molecular weight is 267 g/mol. The Bertz CT molecular complexity index is 472. The Morgan fingerprint density at radius 2 is 2.11 bits per heavy atom. The van der Waals surface area contributed by atoms with Gasteiger partial charge in [0.1, 0.15) is 5.75 Å². The molecule has 0 heterocycles. The van der Waals surface area contributed by atoms with Crippen molar-refractivity contribution in [2.45, 2.75) is 25.9 Å². The first-order chi connectivity index (χ1) is 8.99. The van der Waals surface area contributed by atoms with Crippen LogP contribution >= 0.6 is 0 Å². The van der Waals surface area contributed by atoms with Crippen molar-refractivity contribution in [3.63, 3.8) is 0 Å². The largest absolute Gasteiger partial charge is 0.495 e. The third-order valence-electron chi connectivity index (χ3n) is 2.54. The van der Waals surface area contributed by atoms with Gasteiger partial charge in [-0.3, -0.25) is 0 Å². The van der Waals surface area contributed by atoms with Crippen LogP contribution in [0.3, 0.4) is 0 Å². The molecular weight excluding hydrogens is 250 g/mol. The highest BCUT2D eigenvalue weighted by molar-refractivity contribution is 5.92. The molecule has 104 valence electrons. The van der Waals surface area contributed by atoms with Gasteiger partial charge in [0.15, 0.2) is 6.10 Å². The fourth-order valence-electron chi connectivity index (χ4n) is 1.53. The molecule has 0 aromatic heterocycles. The Morgan fingerprint density at radius 3 is 2.63 bits per heavy atom. The lowest BCUT2D eigenvalue weighted by atomic mass is 10.1. The van der Waals surface area contributed by atoms with E-state index in [4.69, 9.17) is 20.3 Å². The Labute approximate surface area is 111 Å². The summed E-state index contributed by atoms with van der Waals surface area (Å²) in [5.74, 6) is -1.52. The lowest BCUT2D eigenvalue weighted by molar-refractivity contribution is -0.147. The molecule has 0 saturated carbocycles. The monoisotopic (exact) mass is 267 g/mol. The summed E-state index contributed by atoms with van der Waals surface area (Å²) >= 11 is 0. The zero-order chi connectivity index (χ0) is 14.4. The number of nitrogen functional groups attached to an aromatic ring is 1. The van der Waals surface area contributed by atoms with Crippen molar-refractivity contribution in [1.82, 2.24) is 0 Å². The summed E-state index contributed by atoms with van der Waals surface area (Å²) in [5, 5.41) is 8.92. The first-order valence-corrected chi connectivity index (χ1v) is 5.86. The molecule has 0 fully saturated rings. The minimum absolute atomic E-state index is 0.202. The van der Waals surface area contributed by atoms with Gasteiger partial charge in [0, 0.05) is 0 Å². The summed E-state index contributed by atoms with van der Waals surface area (Å²) in [6.45, 7) is 1.82. The van der Waals surface area contributed by atoms with Crippen LogP contribution < -0.4 is 10.5 Å². The zero-order valence-electron chi connectivity index (χ0n) is 10.9. The number of esters is 1. The number of carbonyl (C=O) groups is 2. The summed E-state index contributed by atoms with van der Waals surface area (Å²) < 4.78 is 9.93. The maximum absolute atomic E-state index is 11.8. The highest BCUT2D eigenvalue weighted by Crippen LogP contribution is 2.23. The van der Waals surface area contributed by atoms with Crippen LogP contribution in [0.25, 0.3) is 0 Å². The first kappa shape index (κ1) is 14.8. The van der Waals surface area contributed by atoms with E-state index < -0.39 is 18.0 Å². The van der Waals surface area contributed by atoms with E-state index in [0.717, 1.165) is 0 Å². The second kappa shape index (κ2) is 6.63. The minimum Gasteiger partial charge on any atom is -0.495 e. The second-order valence-corrected chi connectivity index (χ2v) is 3.98. The number of carboxylic acids is 1. The van der Waals surface area contributed by atoms with E-state index in [1.807, 2.05) is 6.92 Å². The van der Waals surface area contributed by atoms with E-state index in [2.05, 4.69) is 0 Å². The highest BCUT2D eigenvalue weighted by atomic mass is 16.6. The minimum atomic E-state index is -1.15. The molecule has 1 unspecified atom stereocenters. The van der Waals surface area contributed by atoms with Gasteiger partial charge >= 0.3 is 11.9 Å². The fourth-order valence-corrected chi connectivity index (χ4v) is 1.53. The van der Waals surface area contributed by atoms with Crippen LogP contribution in [0.5, 0.6) is 5.75 Å². The molecule has 0 radical (unpaired) electrons. The topological polar surface area (TPSA) is 98.9 Å². The van der Waals surface area contributed by atoms with E-state index in [-0.39, 0.29) is 12.0 Å². The molecule has 1 rings (SSSR count). The van der Waals surface area contributed by atoms with Crippen molar-refractivity contribution in [1.29, 1.82) is 0 Å². The van der Waals surface area contributed by atoms with Gasteiger partial charge in [-0.25, -0.2) is 9.59 Å². The Kier molecular flexibility index (Phi) is 5.17. The van der Waals surface area contributed by atoms with Gasteiger partial charge in [-0.05, 0) is 24.6 Å². The quantitative estimate of drug-likeness (QED) is 0.601. The molecule has 0 bridgehead atoms. The molecule has 19 heavy (non-hydrogen) atoms. The van der Waals surface area contributed by atoms with Crippen LogP contribution in [-0.4, -0.2) is 30.3 Å². The van der Waals surface area contributed by atoms with Crippen molar-refractivity contribution < 1.29 is 24.2 Å². The van der Waals surface area contributed by atoms with Gasteiger partial charge in [-0.2, -0.15) is 0 Å². The van der Waals surface area contributed by atoms with Crippen molar-refractivity contribution in [2.24, 2.45) is 0 Å². The molecule has 0 amide bonds. The SMILES string of the molecule is CCCC(OC(=O)c1ccc(N)c(OC)c1)C(=O)O. The fraction of sp³-hybridized carbons (Fsp3) is 0.385. The molecule has 1 aromatic rings. The molecule has 0 aliphatic rings. The summed E-state index contributed by atoms with van der Waals surface area (Å²) in [6, 6.07) is 4.39. The van der Waals surface area contributed by atoms with Crippen LogP contribution in [0.4, 0.5) is 5.69 Å². The maximum atomic E-state index is 11.8. The Hall–Kier alpha value is -2.24. The maximum Gasteiger partial charge on any atom is 0.345 e. The molecule has 3 N–H and O–H groups in total. The van der Waals surface area contributed by atoms with Crippen molar-refractivity contribution in [3.05, 3.63) is 23.8 Å². The number of anilines is 1. The van der Waals surface area contributed by atoms with E-state index in [0.29, 0.717) is 17.9 Å². The molecule has 0 saturated heterocycles. The van der Waals surface area contributed by atoms with Gasteiger partial charge in [-0.1, -0.05) is 13.3 Å². The second-order valence-electron chi connectivity index (χ2n) is 3.98. The molecule has 0 aliphatic heterocycles. The number of aliphatic carboxylic acids is 1. The van der Waals surface area contributed by atoms with E-state index in [1.165, 1.54) is 25.3 Å². The van der Waals surface area contributed by atoms with Crippen LogP contribution in [0, 0.1) is 0 Å². The van der Waals surface area contributed by atoms with Crippen LogP contribution in [-0.2, 0) is 9.53 Å². The number of hydrogen-bond donors (Lipinski definition) is 2. The molecule has 1 atom stereocenters. The van der Waals surface area contributed by atoms with E-state index in [9.17, 15) is 9.59 Å². The molecular formula is C13H17NO5. The number of hydrogen-bond acceptors (Lipinski definition) is 5. The average Bonchev–Trinajstić information content (AvgIpc) is 2.38. The smallest absolute Gasteiger partial charge is 0.345 e. The Morgan fingerprint density at radius 1 is 1.42 bits per heavy atom. The third kappa shape index (κ3) is 3.87. The summed E-state index contributed by atoms with van der Waals surface area (Å²) in [4.78, 5) is 22.7. The lowest BCUT2D eigenvalue weighted by Gasteiger charge is -2.13. The van der Waals surface area contributed by atoms with Crippen LogP contribution in [0.15, 0.2) is 18.2 Å². The van der Waals surface area contributed by atoms with E-state index in [1.54, 1.807) is 0 Å². The number of rotatable bonds is 6. The predicted molar refractivity (Wildman–Crippen MR) is 69.2 cm³/mol. The summed E-state index contributed by atoms with van der Waals surface area (Å²) in [5.41, 5.74) is 6.22. The van der Waals surface area contributed by atoms with Crippen molar-refractivity contribution in [3.8, 4) is 5.75 Å². The lowest BCUT2D eigenvalue weighted by Crippen LogP contribution is -2.26. The highest BCUT2D eigenvalue weighted by Gasteiger charge is 2.22. The molecule has 6 heteroatoms. The summed E-state index contributed by atoms with van der Waals surface area (Å²) in [6.07, 6.45) is -0.260. The van der Waals surface area contributed by atoms with Crippen LogP contribution in [0.2, 0.25) is 0 Å². The zero-order valence-corrected chi connectivity index (χ0v) is 10.9. The van der Waals surface area contributed by atoms with Gasteiger partial charge < -0.3 is 20.3 Å². The number of methoxy groups -OCH3 is 1. The first-order valence-electron chi connectivity index (χ1n) is 5.86. The number of carbonyl (C=O) groups excluding carboxylic acids is 1. The van der Waals surface area contributed by atoms with Crippen LogP contribution in [0.1, 0.15) is 30.1 Å². The Balaban J connectivity index is 2.85. The van der Waals surface area contributed by atoms with Gasteiger partial charge in [-0.15, -0.1) is 0 Å². The third-order valence-corrected chi connectivity index (χ3v) is 2.54. The number of benzene rings is 1. The molecule has 6 nitrogen and oxygen atoms in total. The van der Waals surface area contributed by atoms with Gasteiger partial charge in [0.05, 0.1) is 18.4 Å². The normalized spacial score (nSPS) is 11.7. The molecule has 0 spiro atoms. The number of nitrogens with two attached hydrogens (primary N) is 1. The van der Waals surface area contributed by atoms with E-state index >= 15 is 0 Å². The molecule has 0 aliphatic carbocycles. The number of ether oxygens (including phenoxy) is 2. The standard InChI is InChI=1S/C13H17NO5/c1-3-4-10(12(15)16)19-13(17)8-5-6-9(14)11(7-8)18-2/h5-7,10H,3-4,14H2,1-2H3,(H,15,16). The van der Waals surface area contributed by atoms with Gasteiger partial charge in [0.25, 0.3) is 0 Å². The van der Waals surface area contributed by atoms with Crippen molar-refractivity contribution >= 4 is 17.6 Å². The number of carboxylic acid groups (broad SMARTS) is 1. The molecule has 1 aromatic carbocycles. The van der Waals surface area contributed by atoms with Gasteiger partial charge in [0.2, 0.25) is 0 Å². The predicted octanol–water partition coefficient (Wildman–Crippen LogP) is 1.69.